The van der Waals surface area contributed by atoms with Gasteiger partial charge >= 0.3 is 12.0 Å². The quantitative estimate of drug-likeness (QED) is 0.721. The van der Waals surface area contributed by atoms with Crippen molar-refractivity contribution in [1.29, 1.82) is 0 Å². The van der Waals surface area contributed by atoms with Crippen molar-refractivity contribution in [1.82, 2.24) is 9.80 Å². The van der Waals surface area contributed by atoms with Crippen LogP contribution < -0.4 is 0 Å². The van der Waals surface area contributed by atoms with Gasteiger partial charge in [0.15, 0.2) is 0 Å². The molecule has 1 N–H and O–H groups in total. The smallest absolute Gasteiger partial charge is 0.319 e. The van der Waals surface area contributed by atoms with E-state index in [4.69, 9.17) is 0 Å². The first-order valence-corrected chi connectivity index (χ1v) is 5.67. The van der Waals surface area contributed by atoms with Crippen LogP contribution in [0, 0.1) is 11.3 Å². The van der Waals surface area contributed by atoms with Gasteiger partial charge in [-0.25, -0.2) is 4.79 Å². The minimum absolute atomic E-state index is 0.0741. The number of carboxylic acids is 1. The lowest BCUT2D eigenvalue weighted by Gasteiger charge is -2.24. The monoisotopic (exact) mass is 226 g/mol. The number of hydrogen-bond acceptors (Lipinski definition) is 2. The molecule has 2 amide bonds. The third-order valence-electron chi connectivity index (χ3n) is 3.95. The number of fused-ring (bicyclic) bond motifs is 1. The number of amides is 2. The first-order chi connectivity index (χ1) is 7.47. The summed E-state index contributed by atoms with van der Waals surface area (Å²) in [6, 6.07) is -0.0741. The van der Waals surface area contributed by atoms with E-state index < -0.39 is 11.4 Å². The summed E-state index contributed by atoms with van der Waals surface area (Å²) in [5.74, 6) is -0.585. The summed E-state index contributed by atoms with van der Waals surface area (Å²) in [5.41, 5.74) is -0.661. The van der Waals surface area contributed by atoms with E-state index in [-0.39, 0.29) is 11.9 Å². The number of rotatable bonds is 1. The van der Waals surface area contributed by atoms with Crippen molar-refractivity contribution >= 4 is 12.0 Å². The summed E-state index contributed by atoms with van der Waals surface area (Å²) in [7, 11) is 3.40. The highest BCUT2D eigenvalue weighted by atomic mass is 16.4. The largest absolute Gasteiger partial charge is 0.481 e. The van der Waals surface area contributed by atoms with Gasteiger partial charge in [-0.05, 0) is 18.8 Å². The second kappa shape index (κ2) is 3.64. The molecule has 2 fully saturated rings. The van der Waals surface area contributed by atoms with Gasteiger partial charge in [0.1, 0.15) is 0 Å². The molecule has 90 valence electrons. The normalized spacial score (nSPS) is 32.6. The van der Waals surface area contributed by atoms with Gasteiger partial charge in [-0.1, -0.05) is 6.42 Å². The molecule has 0 unspecified atom stereocenters. The predicted octanol–water partition coefficient (Wildman–Crippen LogP) is 0.855. The molecule has 2 aliphatic rings. The average molecular weight is 226 g/mol. The Morgan fingerprint density at radius 1 is 1.44 bits per heavy atom. The second-order valence-electron chi connectivity index (χ2n) is 5.11. The number of carboxylic acid groups (broad SMARTS) is 1. The third kappa shape index (κ3) is 1.45. The molecule has 2 atom stereocenters. The lowest BCUT2D eigenvalue weighted by atomic mass is 9.81. The molecule has 0 aromatic carbocycles. The van der Waals surface area contributed by atoms with Crippen molar-refractivity contribution in [3.63, 3.8) is 0 Å². The number of likely N-dealkylation sites (tertiary alicyclic amines) is 1. The lowest BCUT2D eigenvalue weighted by molar-refractivity contribution is -0.149. The maximum absolute atomic E-state index is 11.8. The molecule has 0 radical (unpaired) electrons. The number of urea groups is 1. The molecule has 1 saturated carbocycles. The van der Waals surface area contributed by atoms with Gasteiger partial charge in [0.2, 0.25) is 0 Å². The summed E-state index contributed by atoms with van der Waals surface area (Å²) in [5, 5.41) is 9.36. The molecule has 0 spiro atoms. The van der Waals surface area contributed by atoms with Crippen molar-refractivity contribution in [2.45, 2.75) is 19.3 Å². The van der Waals surface area contributed by atoms with E-state index in [0.29, 0.717) is 19.5 Å². The Hall–Kier alpha value is -1.26. The maximum atomic E-state index is 11.8. The average Bonchev–Trinajstić information content (AvgIpc) is 2.72. The fourth-order valence-electron chi connectivity index (χ4n) is 3.07. The van der Waals surface area contributed by atoms with Gasteiger partial charge in [0.05, 0.1) is 5.41 Å². The lowest BCUT2D eigenvalue weighted by Crippen LogP contribution is -2.41. The standard InChI is InChI=1S/C11H18N2O3/c1-12(2)10(16)13-6-8-4-3-5-11(8,7-13)9(14)15/h8H,3-7H2,1-2H3,(H,14,15)/t8-,11+/m0/s1. The maximum Gasteiger partial charge on any atom is 0.319 e. The van der Waals surface area contributed by atoms with Crippen LogP contribution in [0.25, 0.3) is 0 Å². The first kappa shape index (κ1) is 11.2. The molecular formula is C11H18N2O3. The second-order valence-corrected chi connectivity index (χ2v) is 5.11. The van der Waals surface area contributed by atoms with Crippen molar-refractivity contribution in [3.8, 4) is 0 Å². The molecule has 16 heavy (non-hydrogen) atoms. The first-order valence-electron chi connectivity index (χ1n) is 5.67. The summed E-state index contributed by atoms with van der Waals surface area (Å²) in [6.07, 6.45) is 2.62. The summed E-state index contributed by atoms with van der Waals surface area (Å²) in [6.45, 7) is 0.979. The van der Waals surface area contributed by atoms with Crippen LogP contribution in [-0.4, -0.2) is 54.1 Å². The zero-order valence-corrected chi connectivity index (χ0v) is 9.77. The zero-order valence-electron chi connectivity index (χ0n) is 9.77. The van der Waals surface area contributed by atoms with E-state index in [1.807, 2.05) is 0 Å². The Morgan fingerprint density at radius 3 is 2.62 bits per heavy atom. The minimum Gasteiger partial charge on any atom is -0.481 e. The van der Waals surface area contributed by atoms with Gasteiger partial charge in [-0.15, -0.1) is 0 Å². The van der Waals surface area contributed by atoms with Crippen LogP contribution in [0.2, 0.25) is 0 Å². The number of carbonyl (C=O) groups excluding carboxylic acids is 1. The SMILES string of the molecule is CN(C)C(=O)N1C[C@@H]2CCC[C@@]2(C(=O)O)C1. The van der Waals surface area contributed by atoms with Gasteiger partial charge in [0.25, 0.3) is 0 Å². The highest BCUT2D eigenvalue weighted by molar-refractivity contribution is 5.80. The van der Waals surface area contributed by atoms with Crippen LogP contribution in [0.3, 0.4) is 0 Å². The van der Waals surface area contributed by atoms with Crippen LogP contribution in [0.1, 0.15) is 19.3 Å². The van der Waals surface area contributed by atoms with Gasteiger partial charge < -0.3 is 14.9 Å². The third-order valence-corrected chi connectivity index (χ3v) is 3.95. The molecule has 1 saturated heterocycles. The number of carbonyl (C=O) groups is 2. The molecule has 5 nitrogen and oxygen atoms in total. The number of nitrogens with zero attached hydrogens (tertiary/aromatic N) is 2. The fraction of sp³-hybridized carbons (Fsp3) is 0.818. The van der Waals surface area contributed by atoms with E-state index in [2.05, 4.69) is 0 Å². The van der Waals surface area contributed by atoms with Crippen LogP contribution in [0.15, 0.2) is 0 Å². The molecule has 0 bridgehead atoms. The van der Waals surface area contributed by atoms with Crippen molar-refractivity contribution in [2.24, 2.45) is 11.3 Å². The molecule has 1 heterocycles. The molecule has 1 aliphatic carbocycles. The molecular weight excluding hydrogens is 208 g/mol. The minimum atomic E-state index is -0.732. The molecule has 2 rings (SSSR count). The summed E-state index contributed by atoms with van der Waals surface area (Å²) in [4.78, 5) is 26.4. The van der Waals surface area contributed by atoms with Gasteiger partial charge in [0, 0.05) is 27.2 Å². The van der Waals surface area contributed by atoms with Crippen molar-refractivity contribution in [3.05, 3.63) is 0 Å². The number of aliphatic carboxylic acids is 1. The van der Waals surface area contributed by atoms with Crippen LogP contribution in [0.4, 0.5) is 4.79 Å². The van der Waals surface area contributed by atoms with E-state index in [1.54, 1.807) is 19.0 Å². The van der Waals surface area contributed by atoms with Gasteiger partial charge in [-0.3, -0.25) is 4.79 Å². The molecule has 5 heteroatoms. The Labute approximate surface area is 95.0 Å². The Balaban J connectivity index is 2.17. The Morgan fingerprint density at radius 2 is 2.12 bits per heavy atom. The van der Waals surface area contributed by atoms with E-state index in [0.717, 1.165) is 12.8 Å². The van der Waals surface area contributed by atoms with Crippen LogP contribution in [0.5, 0.6) is 0 Å². The molecule has 0 aromatic heterocycles. The van der Waals surface area contributed by atoms with Crippen LogP contribution in [-0.2, 0) is 4.79 Å². The highest BCUT2D eigenvalue weighted by Gasteiger charge is 2.55. The van der Waals surface area contributed by atoms with E-state index >= 15 is 0 Å². The Kier molecular flexibility index (Phi) is 2.56. The Bertz CT molecular complexity index is 329. The topological polar surface area (TPSA) is 60.9 Å². The zero-order chi connectivity index (χ0) is 11.9. The van der Waals surface area contributed by atoms with Gasteiger partial charge in [-0.2, -0.15) is 0 Å². The summed E-state index contributed by atoms with van der Waals surface area (Å²) < 4.78 is 0. The highest BCUT2D eigenvalue weighted by Crippen LogP contribution is 2.48. The predicted molar refractivity (Wildman–Crippen MR) is 58.1 cm³/mol. The molecule has 0 aromatic rings. The van der Waals surface area contributed by atoms with E-state index in [1.165, 1.54) is 4.90 Å². The summed E-state index contributed by atoms with van der Waals surface area (Å²) >= 11 is 0. The van der Waals surface area contributed by atoms with Crippen LogP contribution >= 0.6 is 0 Å². The van der Waals surface area contributed by atoms with Crippen molar-refractivity contribution in [2.75, 3.05) is 27.2 Å². The molecule has 1 aliphatic heterocycles. The van der Waals surface area contributed by atoms with Crippen molar-refractivity contribution < 1.29 is 14.7 Å². The fourth-order valence-corrected chi connectivity index (χ4v) is 3.07. The number of hydrogen-bond donors (Lipinski definition) is 1. The van der Waals surface area contributed by atoms with E-state index in [9.17, 15) is 14.7 Å².